The lowest BCUT2D eigenvalue weighted by atomic mass is 10.1. The summed E-state index contributed by atoms with van der Waals surface area (Å²) in [6, 6.07) is 17.3. The van der Waals surface area contributed by atoms with E-state index in [0.717, 1.165) is 34.0 Å². The van der Waals surface area contributed by atoms with Crippen molar-refractivity contribution in [3.8, 4) is 11.3 Å². The highest BCUT2D eigenvalue weighted by Gasteiger charge is 2.47. The number of hydrogen-bond donors (Lipinski definition) is 1. The minimum Gasteiger partial charge on any atom is -0.360 e. The molecule has 0 spiro atoms. The van der Waals surface area contributed by atoms with Gasteiger partial charge in [0.05, 0.1) is 5.54 Å². The van der Waals surface area contributed by atoms with Crippen LogP contribution in [0, 0.1) is 6.92 Å². The fourth-order valence-electron chi connectivity index (χ4n) is 3.11. The van der Waals surface area contributed by atoms with Crippen molar-refractivity contribution in [3.05, 3.63) is 76.0 Å². The number of aryl methyl sites for hydroxylation is 1. The maximum atomic E-state index is 12.7. The smallest absolute Gasteiger partial charge is 0.219 e. The molecule has 0 unspecified atom stereocenters. The number of rotatable bonds is 6. The molecule has 0 saturated heterocycles. The summed E-state index contributed by atoms with van der Waals surface area (Å²) in [6.45, 7) is 2.01. The molecule has 0 atom stereocenters. The van der Waals surface area contributed by atoms with Crippen molar-refractivity contribution in [2.75, 3.05) is 0 Å². The first kappa shape index (κ1) is 18.4. The number of sulfonamides is 1. The molecule has 1 saturated carbocycles. The summed E-state index contributed by atoms with van der Waals surface area (Å²) in [7, 11) is -3.56. The minimum absolute atomic E-state index is 0.232. The van der Waals surface area contributed by atoms with E-state index in [9.17, 15) is 8.42 Å². The Bertz CT molecular complexity index is 1050. The third kappa shape index (κ3) is 4.15. The van der Waals surface area contributed by atoms with E-state index in [1.165, 1.54) is 0 Å². The number of halogens is 1. The average molecular weight is 447 g/mol. The molecule has 3 aromatic rings. The summed E-state index contributed by atoms with van der Waals surface area (Å²) in [5, 5.41) is 4.01. The monoisotopic (exact) mass is 446 g/mol. The van der Waals surface area contributed by atoms with Crippen LogP contribution in [0.1, 0.15) is 29.7 Å². The van der Waals surface area contributed by atoms with Crippen LogP contribution in [-0.2, 0) is 21.3 Å². The zero-order valence-electron chi connectivity index (χ0n) is 14.8. The first-order valence-corrected chi connectivity index (χ1v) is 11.1. The molecule has 0 aliphatic heterocycles. The molecule has 1 aliphatic rings. The summed E-state index contributed by atoms with van der Waals surface area (Å²) >= 11 is 3.41. The maximum Gasteiger partial charge on any atom is 0.219 e. The SMILES string of the molecule is Cc1ccc(-c2cc(CS(=O)(=O)NC3(c4ccc(Br)cc4)CC3)on2)cc1. The molecule has 7 heteroatoms. The average Bonchev–Trinajstić information content (AvgIpc) is 3.24. The van der Waals surface area contributed by atoms with Gasteiger partial charge in [-0.25, -0.2) is 13.1 Å². The zero-order chi connectivity index (χ0) is 19.1. The Hall–Kier alpha value is -1.96. The fraction of sp³-hybridized carbons (Fsp3) is 0.250. The van der Waals surface area contributed by atoms with Gasteiger partial charge in [0.2, 0.25) is 10.0 Å². The summed E-state index contributed by atoms with van der Waals surface area (Å²) in [6.07, 6.45) is 1.58. The molecule has 1 heterocycles. The second-order valence-corrected chi connectivity index (χ2v) is 9.63. The Morgan fingerprint density at radius 1 is 1.11 bits per heavy atom. The van der Waals surface area contributed by atoms with Crippen molar-refractivity contribution >= 4 is 26.0 Å². The van der Waals surface area contributed by atoms with Crippen LogP contribution in [0.3, 0.4) is 0 Å². The molecular weight excluding hydrogens is 428 g/mol. The Kier molecular flexibility index (Phi) is 4.70. The van der Waals surface area contributed by atoms with Crippen LogP contribution in [0.5, 0.6) is 0 Å². The number of hydrogen-bond acceptors (Lipinski definition) is 4. The maximum absolute atomic E-state index is 12.7. The Labute approximate surface area is 167 Å². The molecule has 1 aliphatic carbocycles. The van der Waals surface area contributed by atoms with E-state index < -0.39 is 15.6 Å². The lowest BCUT2D eigenvalue weighted by Crippen LogP contribution is -2.35. The van der Waals surface area contributed by atoms with Gasteiger partial charge < -0.3 is 4.52 Å². The lowest BCUT2D eigenvalue weighted by molar-refractivity contribution is 0.394. The number of nitrogens with zero attached hydrogens (tertiary/aromatic N) is 1. The molecule has 1 N–H and O–H groups in total. The van der Waals surface area contributed by atoms with E-state index >= 15 is 0 Å². The van der Waals surface area contributed by atoms with Gasteiger partial charge >= 0.3 is 0 Å². The summed E-state index contributed by atoms with van der Waals surface area (Å²) in [4.78, 5) is 0. The quantitative estimate of drug-likeness (QED) is 0.603. The van der Waals surface area contributed by atoms with Crippen molar-refractivity contribution in [1.29, 1.82) is 0 Å². The van der Waals surface area contributed by atoms with Gasteiger partial charge in [-0.1, -0.05) is 63.0 Å². The second kappa shape index (κ2) is 6.89. The second-order valence-electron chi connectivity index (χ2n) is 6.99. The molecule has 0 bridgehead atoms. The third-order valence-electron chi connectivity index (χ3n) is 4.74. The highest BCUT2D eigenvalue weighted by molar-refractivity contribution is 9.10. The molecule has 2 aromatic carbocycles. The molecule has 140 valence electrons. The predicted octanol–water partition coefficient (Wildman–Crippen LogP) is 4.52. The number of nitrogens with one attached hydrogen (secondary N) is 1. The van der Waals surface area contributed by atoms with Crippen LogP contribution in [0.25, 0.3) is 11.3 Å². The van der Waals surface area contributed by atoms with E-state index in [1.54, 1.807) is 6.07 Å². The first-order valence-electron chi connectivity index (χ1n) is 8.66. The van der Waals surface area contributed by atoms with Crippen molar-refractivity contribution in [1.82, 2.24) is 9.88 Å². The van der Waals surface area contributed by atoms with Crippen molar-refractivity contribution in [3.63, 3.8) is 0 Å². The van der Waals surface area contributed by atoms with Crippen molar-refractivity contribution in [2.24, 2.45) is 0 Å². The molecule has 1 aromatic heterocycles. The van der Waals surface area contributed by atoms with Crippen LogP contribution >= 0.6 is 15.9 Å². The van der Waals surface area contributed by atoms with Gasteiger partial charge in [-0.2, -0.15) is 0 Å². The van der Waals surface area contributed by atoms with Gasteiger partial charge in [-0.3, -0.25) is 0 Å². The van der Waals surface area contributed by atoms with E-state index in [2.05, 4.69) is 25.8 Å². The van der Waals surface area contributed by atoms with E-state index in [0.29, 0.717) is 11.5 Å². The molecular formula is C20H19BrN2O3S. The number of aromatic nitrogens is 1. The topological polar surface area (TPSA) is 72.2 Å². The van der Waals surface area contributed by atoms with Crippen LogP contribution < -0.4 is 4.72 Å². The van der Waals surface area contributed by atoms with Crippen molar-refractivity contribution in [2.45, 2.75) is 31.1 Å². The molecule has 4 rings (SSSR count). The highest BCUT2D eigenvalue weighted by Crippen LogP contribution is 2.46. The van der Waals surface area contributed by atoms with Crippen molar-refractivity contribution < 1.29 is 12.9 Å². The molecule has 0 radical (unpaired) electrons. The molecule has 0 amide bonds. The standard InChI is InChI=1S/C20H19BrN2O3S/c1-14-2-4-15(5-3-14)19-12-18(26-22-19)13-27(24,25)23-20(10-11-20)16-6-8-17(21)9-7-16/h2-9,12,23H,10-11,13H2,1H3. The van der Waals surface area contributed by atoms with Gasteiger partial charge in [0.25, 0.3) is 0 Å². The van der Waals surface area contributed by atoms with E-state index in [4.69, 9.17) is 4.52 Å². The normalized spacial score (nSPS) is 15.6. The Morgan fingerprint density at radius 2 is 1.78 bits per heavy atom. The highest BCUT2D eigenvalue weighted by atomic mass is 79.9. The molecule has 27 heavy (non-hydrogen) atoms. The van der Waals surface area contributed by atoms with Gasteiger partial charge in [0, 0.05) is 16.1 Å². The molecule has 5 nitrogen and oxygen atoms in total. The predicted molar refractivity (Wildman–Crippen MR) is 107 cm³/mol. The minimum atomic E-state index is -3.56. The Morgan fingerprint density at radius 3 is 2.41 bits per heavy atom. The third-order valence-corrected chi connectivity index (χ3v) is 6.63. The van der Waals surface area contributed by atoms with Gasteiger partial charge in [0.15, 0.2) is 5.76 Å². The van der Waals surface area contributed by atoms with Gasteiger partial charge in [-0.05, 0) is 37.5 Å². The van der Waals surface area contributed by atoms with Crippen LogP contribution in [0.4, 0.5) is 0 Å². The van der Waals surface area contributed by atoms with Gasteiger partial charge in [0.1, 0.15) is 11.4 Å². The van der Waals surface area contributed by atoms with Crippen LogP contribution in [0.2, 0.25) is 0 Å². The largest absolute Gasteiger partial charge is 0.360 e. The Balaban J connectivity index is 1.49. The van der Waals surface area contributed by atoms with Crippen LogP contribution in [-0.4, -0.2) is 13.6 Å². The van der Waals surface area contributed by atoms with Crippen LogP contribution in [0.15, 0.2) is 63.6 Å². The van der Waals surface area contributed by atoms with Gasteiger partial charge in [-0.15, -0.1) is 0 Å². The van der Waals surface area contributed by atoms with E-state index in [1.807, 2.05) is 55.5 Å². The summed E-state index contributed by atoms with van der Waals surface area (Å²) in [5.74, 6) is 0.0918. The first-order chi connectivity index (χ1) is 12.9. The lowest BCUT2D eigenvalue weighted by Gasteiger charge is -2.17. The zero-order valence-corrected chi connectivity index (χ0v) is 17.2. The fourth-order valence-corrected chi connectivity index (χ4v) is 4.87. The number of benzene rings is 2. The van der Waals surface area contributed by atoms with E-state index in [-0.39, 0.29) is 5.75 Å². The summed E-state index contributed by atoms with van der Waals surface area (Å²) in [5.41, 5.74) is 3.16. The summed E-state index contributed by atoms with van der Waals surface area (Å²) < 4.78 is 34.4. The molecule has 1 fully saturated rings.